The topological polar surface area (TPSA) is 15.3 Å². The van der Waals surface area contributed by atoms with Crippen LogP contribution in [0.3, 0.4) is 0 Å². The van der Waals surface area contributed by atoms with E-state index in [9.17, 15) is 0 Å². The summed E-state index contributed by atoms with van der Waals surface area (Å²) in [7, 11) is 0. The lowest BCUT2D eigenvalue weighted by Gasteiger charge is -2.52. The van der Waals surface area contributed by atoms with Gasteiger partial charge in [0.15, 0.2) is 0 Å². The summed E-state index contributed by atoms with van der Waals surface area (Å²) in [5, 5.41) is 3.64. The Hall–Kier alpha value is -0.860. The van der Waals surface area contributed by atoms with Crippen LogP contribution in [0.25, 0.3) is 0 Å². The summed E-state index contributed by atoms with van der Waals surface area (Å²) in [6.07, 6.45) is 0. The molecule has 1 atom stereocenters. The van der Waals surface area contributed by atoms with E-state index < -0.39 is 0 Å². The molecule has 0 saturated carbocycles. The predicted molar refractivity (Wildman–Crippen MR) is 77.7 cm³/mol. The van der Waals surface area contributed by atoms with Gasteiger partial charge in [-0.05, 0) is 40.2 Å². The first-order valence-corrected chi connectivity index (χ1v) is 6.89. The van der Waals surface area contributed by atoms with Crippen molar-refractivity contribution < 1.29 is 0 Å². The van der Waals surface area contributed by atoms with Crippen molar-refractivity contribution in [1.29, 1.82) is 0 Å². The molecule has 100 valence electrons. The molecule has 1 saturated heterocycles. The summed E-state index contributed by atoms with van der Waals surface area (Å²) in [6.45, 7) is 13.7. The Labute approximate surface area is 111 Å². The van der Waals surface area contributed by atoms with Crippen molar-refractivity contribution in [2.24, 2.45) is 0 Å². The molecule has 1 heterocycles. The maximum atomic E-state index is 3.64. The van der Waals surface area contributed by atoms with Crippen LogP contribution in [0.4, 0.5) is 0 Å². The highest BCUT2D eigenvalue weighted by molar-refractivity contribution is 5.19. The summed E-state index contributed by atoms with van der Waals surface area (Å²) >= 11 is 0. The fourth-order valence-corrected chi connectivity index (χ4v) is 2.83. The van der Waals surface area contributed by atoms with Gasteiger partial charge in [-0.2, -0.15) is 0 Å². The van der Waals surface area contributed by atoms with E-state index in [-0.39, 0.29) is 11.1 Å². The molecule has 0 bridgehead atoms. The Morgan fingerprint density at radius 3 is 2.33 bits per heavy atom. The third kappa shape index (κ3) is 2.76. The summed E-state index contributed by atoms with van der Waals surface area (Å²) in [4.78, 5) is 2.62. The molecule has 0 aliphatic carbocycles. The van der Waals surface area contributed by atoms with Crippen molar-refractivity contribution in [3.8, 4) is 0 Å². The van der Waals surface area contributed by atoms with Crippen LogP contribution < -0.4 is 5.32 Å². The number of piperazine rings is 1. The van der Waals surface area contributed by atoms with Crippen LogP contribution in [-0.4, -0.2) is 29.1 Å². The smallest absolute Gasteiger partial charge is 0.0326 e. The number of hydrogen-bond donors (Lipinski definition) is 1. The molecular formula is C16H26N2. The molecule has 1 unspecified atom stereocenters. The molecule has 0 aromatic heterocycles. The maximum absolute atomic E-state index is 3.64. The molecule has 0 radical (unpaired) electrons. The van der Waals surface area contributed by atoms with Crippen LogP contribution in [0.15, 0.2) is 30.3 Å². The first-order chi connectivity index (χ1) is 8.32. The lowest BCUT2D eigenvalue weighted by Crippen LogP contribution is -2.66. The van der Waals surface area contributed by atoms with E-state index >= 15 is 0 Å². The van der Waals surface area contributed by atoms with Crippen LogP contribution in [0.5, 0.6) is 0 Å². The van der Waals surface area contributed by atoms with Crippen molar-refractivity contribution in [3.63, 3.8) is 0 Å². The Balaban J connectivity index is 2.24. The second-order valence-corrected chi connectivity index (χ2v) is 6.76. The third-order valence-electron chi connectivity index (χ3n) is 4.09. The Morgan fingerprint density at radius 2 is 1.72 bits per heavy atom. The van der Waals surface area contributed by atoms with Crippen molar-refractivity contribution in [1.82, 2.24) is 10.2 Å². The fourth-order valence-electron chi connectivity index (χ4n) is 2.83. The van der Waals surface area contributed by atoms with Gasteiger partial charge in [0.05, 0.1) is 0 Å². The lowest BCUT2D eigenvalue weighted by atomic mass is 9.88. The van der Waals surface area contributed by atoms with Crippen LogP contribution in [-0.2, 0) is 0 Å². The van der Waals surface area contributed by atoms with Gasteiger partial charge < -0.3 is 5.32 Å². The number of benzene rings is 1. The second kappa shape index (κ2) is 4.67. The number of nitrogens with one attached hydrogen (secondary N) is 1. The highest BCUT2D eigenvalue weighted by atomic mass is 15.3. The largest absolute Gasteiger partial charge is 0.309 e. The van der Waals surface area contributed by atoms with E-state index in [1.165, 1.54) is 5.56 Å². The van der Waals surface area contributed by atoms with E-state index in [0.717, 1.165) is 13.1 Å². The number of hydrogen-bond acceptors (Lipinski definition) is 2. The van der Waals surface area contributed by atoms with Crippen LogP contribution >= 0.6 is 0 Å². The van der Waals surface area contributed by atoms with Crippen LogP contribution in [0, 0.1) is 0 Å². The molecule has 0 amide bonds. The van der Waals surface area contributed by atoms with E-state index in [4.69, 9.17) is 0 Å². The molecule has 1 aromatic carbocycles. The fraction of sp³-hybridized carbons (Fsp3) is 0.625. The molecule has 18 heavy (non-hydrogen) atoms. The first-order valence-electron chi connectivity index (χ1n) is 6.89. The summed E-state index contributed by atoms with van der Waals surface area (Å²) in [5.74, 6) is 0. The Morgan fingerprint density at radius 1 is 1.11 bits per heavy atom. The molecule has 1 aliphatic rings. The van der Waals surface area contributed by atoms with Gasteiger partial charge in [0.25, 0.3) is 0 Å². The van der Waals surface area contributed by atoms with E-state index in [1.54, 1.807) is 0 Å². The van der Waals surface area contributed by atoms with Crippen molar-refractivity contribution in [3.05, 3.63) is 35.9 Å². The average Bonchev–Trinajstić information content (AvgIpc) is 2.33. The number of nitrogens with zero attached hydrogens (tertiary/aromatic N) is 1. The summed E-state index contributed by atoms with van der Waals surface area (Å²) < 4.78 is 0. The van der Waals surface area contributed by atoms with Gasteiger partial charge in [-0.1, -0.05) is 30.3 Å². The van der Waals surface area contributed by atoms with Gasteiger partial charge >= 0.3 is 0 Å². The van der Waals surface area contributed by atoms with Gasteiger partial charge in [-0.3, -0.25) is 4.90 Å². The van der Waals surface area contributed by atoms with Gasteiger partial charge in [-0.15, -0.1) is 0 Å². The molecular weight excluding hydrogens is 220 g/mol. The second-order valence-electron chi connectivity index (χ2n) is 6.76. The van der Waals surface area contributed by atoms with E-state index in [0.29, 0.717) is 6.04 Å². The highest BCUT2D eigenvalue weighted by Crippen LogP contribution is 2.32. The van der Waals surface area contributed by atoms with Crippen molar-refractivity contribution in [2.75, 3.05) is 13.1 Å². The zero-order chi connectivity index (χ0) is 13.4. The standard InChI is InChI=1S/C16H26N2/c1-13(14-9-7-6-8-10-14)18-12-15(2,3)17-11-16(18,4)5/h6-10,13,17H,11-12H2,1-5H3. The first kappa shape index (κ1) is 13.6. The van der Waals surface area contributed by atoms with E-state index in [2.05, 4.69) is 75.2 Å². The molecule has 2 rings (SSSR count). The van der Waals surface area contributed by atoms with Gasteiger partial charge in [0.2, 0.25) is 0 Å². The zero-order valence-electron chi connectivity index (χ0n) is 12.3. The van der Waals surface area contributed by atoms with E-state index in [1.807, 2.05) is 0 Å². The normalized spacial score (nSPS) is 24.7. The SMILES string of the molecule is CC(c1ccccc1)N1CC(C)(C)NCC1(C)C. The van der Waals surface area contributed by atoms with Crippen molar-refractivity contribution >= 4 is 0 Å². The molecule has 1 fully saturated rings. The minimum atomic E-state index is 0.193. The van der Waals surface area contributed by atoms with Gasteiger partial charge in [0.1, 0.15) is 0 Å². The highest BCUT2D eigenvalue weighted by Gasteiger charge is 2.40. The predicted octanol–water partition coefficient (Wildman–Crippen LogP) is 3.21. The quantitative estimate of drug-likeness (QED) is 0.862. The summed E-state index contributed by atoms with van der Waals surface area (Å²) in [5.41, 5.74) is 1.80. The zero-order valence-corrected chi connectivity index (χ0v) is 12.3. The van der Waals surface area contributed by atoms with Crippen LogP contribution in [0.1, 0.15) is 46.2 Å². The average molecular weight is 246 g/mol. The van der Waals surface area contributed by atoms with Crippen molar-refractivity contribution in [2.45, 2.75) is 51.7 Å². The minimum absolute atomic E-state index is 0.193. The minimum Gasteiger partial charge on any atom is -0.309 e. The molecule has 0 spiro atoms. The maximum Gasteiger partial charge on any atom is 0.0326 e. The molecule has 1 aromatic rings. The lowest BCUT2D eigenvalue weighted by molar-refractivity contribution is 0.00749. The molecule has 1 aliphatic heterocycles. The van der Waals surface area contributed by atoms with Gasteiger partial charge in [0, 0.05) is 30.2 Å². The Bertz CT molecular complexity index is 395. The summed E-state index contributed by atoms with van der Waals surface area (Å²) in [6, 6.07) is 11.3. The molecule has 2 nitrogen and oxygen atoms in total. The molecule has 1 N–H and O–H groups in total. The Kier molecular flexibility index (Phi) is 3.52. The number of rotatable bonds is 2. The monoisotopic (exact) mass is 246 g/mol. The van der Waals surface area contributed by atoms with Gasteiger partial charge in [-0.25, -0.2) is 0 Å². The van der Waals surface area contributed by atoms with Crippen LogP contribution in [0.2, 0.25) is 0 Å². The molecule has 2 heteroatoms. The third-order valence-corrected chi connectivity index (χ3v) is 4.09.